The minimum atomic E-state index is 0.0444. The van der Waals surface area contributed by atoms with Crippen LogP contribution in [0.25, 0.3) is 0 Å². The van der Waals surface area contributed by atoms with E-state index in [2.05, 4.69) is 79.1 Å². The normalized spacial score (nSPS) is 18.3. The molecule has 0 aliphatic carbocycles. The van der Waals surface area contributed by atoms with E-state index >= 15 is 0 Å². The van der Waals surface area contributed by atoms with Gasteiger partial charge >= 0.3 is 0 Å². The molecule has 0 radical (unpaired) electrons. The summed E-state index contributed by atoms with van der Waals surface area (Å²) < 4.78 is 0. The average Bonchev–Trinajstić information content (AvgIpc) is 3.10. The topological polar surface area (TPSA) is 24.1 Å². The van der Waals surface area contributed by atoms with Crippen molar-refractivity contribution in [1.82, 2.24) is 10.6 Å². The molecule has 2 aromatic carbocycles. The van der Waals surface area contributed by atoms with Crippen LogP contribution >= 0.6 is 0 Å². The number of rotatable bonds is 6. The zero-order chi connectivity index (χ0) is 16.1. The zero-order valence-corrected chi connectivity index (χ0v) is 14.3. The van der Waals surface area contributed by atoms with Crippen molar-refractivity contribution in [3.63, 3.8) is 0 Å². The molecule has 3 rings (SSSR count). The van der Waals surface area contributed by atoms with E-state index in [9.17, 15) is 0 Å². The van der Waals surface area contributed by atoms with Gasteiger partial charge in [-0.25, -0.2) is 0 Å². The van der Waals surface area contributed by atoms with Crippen molar-refractivity contribution in [2.24, 2.45) is 5.92 Å². The average molecular weight is 308 g/mol. The molecule has 2 heteroatoms. The Kier molecular flexibility index (Phi) is 5.14. The summed E-state index contributed by atoms with van der Waals surface area (Å²) in [5.74, 6) is 0.797. The van der Waals surface area contributed by atoms with Crippen LogP contribution in [-0.4, -0.2) is 19.6 Å². The lowest BCUT2D eigenvalue weighted by Crippen LogP contribution is -2.24. The van der Waals surface area contributed by atoms with E-state index in [-0.39, 0.29) is 5.41 Å². The molecule has 1 saturated heterocycles. The van der Waals surface area contributed by atoms with Crippen LogP contribution in [0.2, 0.25) is 0 Å². The first-order valence-corrected chi connectivity index (χ1v) is 8.72. The van der Waals surface area contributed by atoms with Gasteiger partial charge in [0.05, 0.1) is 0 Å². The second-order valence-corrected chi connectivity index (χ2v) is 7.18. The Labute approximate surface area is 140 Å². The van der Waals surface area contributed by atoms with Gasteiger partial charge in [0, 0.05) is 12.0 Å². The zero-order valence-electron chi connectivity index (χ0n) is 14.3. The van der Waals surface area contributed by atoms with Gasteiger partial charge in [0.25, 0.3) is 0 Å². The minimum Gasteiger partial charge on any atom is -0.316 e. The maximum absolute atomic E-state index is 3.59. The molecule has 0 saturated carbocycles. The molecule has 1 atom stereocenters. The Morgan fingerprint density at radius 3 is 2.35 bits per heavy atom. The number of hydrogen-bond donors (Lipinski definition) is 2. The van der Waals surface area contributed by atoms with Gasteiger partial charge < -0.3 is 10.6 Å². The number of hydrogen-bond acceptors (Lipinski definition) is 2. The highest BCUT2D eigenvalue weighted by Crippen LogP contribution is 2.31. The second kappa shape index (κ2) is 7.29. The van der Waals surface area contributed by atoms with Gasteiger partial charge in [-0.3, -0.25) is 0 Å². The molecule has 1 aliphatic rings. The van der Waals surface area contributed by atoms with E-state index in [1.54, 1.807) is 0 Å². The summed E-state index contributed by atoms with van der Waals surface area (Å²) in [6.45, 7) is 9.00. The van der Waals surface area contributed by atoms with Gasteiger partial charge in [-0.15, -0.1) is 0 Å². The van der Waals surface area contributed by atoms with Crippen LogP contribution in [0.15, 0.2) is 54.6 Å². The highest BCUT2D eigenvalue weighted by atomic mass is 14.9. The quantitative estimate of drug-likeness (QED) is 0.850. The lowest BCUT2D eigenvalue weighted by atomic mass is 9.78. The molecule has 1 aliphatic heterocycles. The number of benzene rings is 2. The molecule has 1 unspecified atom stereocenters. The summed E-state index contributed by atoms with van der Waals surface area (Å²) >= 11 is 0. The highest BCUT2D eigenvalue weighted by molar-refractivity contribution is 5.38. The predicted molar refractivity (Wildman–Crippen MR) is 97.7 cm³/mol. The van der Waals surface area contributed by atoms with Gasteiger partial charge in [-0.05, 0) is 48.7 Å². The van der Waals surface area contributed by atoms with Gasteiger partial charge in [-0.2, -0.15) is 0 Å². The second-order valence-electron chi connectivity index (χ2n) is 7.18. The Hall–Kier alpha value is -1.64. The van der Waals surface area contributed by atoms with Crippen molar-refractivity contribution in [3.8, 4) is 0 Å². The Bertz CT molecular complexity index is 595. The van der Waals surface area contributed by atoms with E-state index in [0.717, 1.165) is 25.6 Å². The summed E-state index contributed by atoms with van der Waals surface area (Å²) in [4.78, 5) is 0. The standard InChI is InChI=1S/C21H28N2/c1-21(2,19-6-4-3-5-7-19)20-10-8-17(9-11-20)14-23-16-18-12-13-22-15-18/h3-11,18,22-23H,12-16H2,1-2H3. The monoisotopic (exact) mass is 308 g/mol. The summed E-state index contributed by atoms with van der Waals surface area (Å²) in [6, 6.07) is 19.8. The van der Waals surface area contributed by atoms with Crippen LogP contribution in [0.5, 0.6) is 0 Å². The molecule has 0 spiro atoms. The van der Waals surface area contributed by atoms with Crippen LogP contribution in [0.1, 0.15) is 37.0 Å². The lowest BCUT2D eigenvalue weighted by molar-refractivity contribution is 0.512. The molecule has 1 fully saturated rings. The van der Waals surface area contributed by atoms with Gasteiger partial charge in [-0.1, -0.05) is 68.4 Å². The summed E-state index contributed by atoms with van der Waals surface area (Å²) in [7, 11) is 0. The highest BCUT2D eigenvalue weighted by Gasteiger charge is 2.22. The van der Waals surface area contributed by atoms with Crippen molar-refractivity contribution >= 4 is 0 Å². The molecule has 0 amide bonds. The summed E-state index contributed by atoms with van der Waals surface area (Å²) in [6.07, 6.45) is 1.30. The fraction of sp³-hybridized carbons (Fsp3) is 0.429. The van der Waals surface area contributed by atoms with Crippen molar-refractivity contribution in [2.45, 2.75) is 32.2 Å². The molecule has 0 aromatic heterocycles. The SMILES string of the molecule is CC(C)(c1ccccc1)c1ccc(CNCC2CCNC2)cc1. The van der Waals surface area contributed by atoms with Gasteiger partial charge in [0.2, 0.25) is 0 Å². The maximum Gasteiger partial charge on any atom is 0.0205 e. The minimum absolute atomic E-state index is 0.0444. The van der Waals surface area contributed by atoms with E-state index in [4.69, 9.17) is 0 Å². The Morgan fingerprint density at radius 2 is 1.70 bits per heavy atom. The van der Waals surface area contributed by atoms with E-state index in [1.165, 1.54) is 29.7 Å². The van der Waals surface area contributed by atoms with Crippen LogP contribution in [0.4, 0.5) is 0 Å². The Balaban J connectivity index is 1.60. The van der Waals surface area contributed by atoms with Crippen LogP contribution in [0.3, 0.4) is 0 Å². The molecule has 2 aromatic rings. The molecule has 122 valence electrons. The molecular weight excluding hydrogens is 280 g/mol. The summed E-state index contributed by atoms with van der Waals surface area (Å²) in [5, 5.41) is 7.01. The van der Waals surface area contributed by atoms with Gasteiger partial charge in [0.15, 0.2) is 0 Å². The first-order valence-electron chi connectivity index (χ1n) is 8.72. The van der Waals surface area contributed by atoms with Crippen LogP contribution in [-0.2, 0) is 12.0 Å². The fourth-order valence-corrected chi connectivity index (χ4v) is 3.37. The van der Waals surface area contributed by atoms with Crippen LogP contribution in [0, 0.1) is 5.92 Å². The summed E-state index contributed by atoms with van der Waals surface area (Å²) in [5.41, 5.74) is 4.14. The largest absolute Gasteiger partial charge is 0.316 e. The first-order chi connectivity index (χ1) is 11.2. The first kappa shape index (κ1) is 16.2. The van der Waals surface area contributed by atoms with Gasteiger partial charge in [0.1, 0.15) is 0 Å². The Morgan fingerprint density at radius 1 is 1.00 bits per heavy atom. The molecular formula is C21H28N2. The third-order valence-electron chi connectivity index (χ3n) is 5.10. The maximum atomic E-state index is 3.59. The van der Waals surface area contributed by atoms with E-state index in [0.29, 0.717) is 0 Å². The predicted octanol–water partition coefficient (Wildman–Crippen LogP) is 3.71. The fourth-order valence-electron chi connectivity index (χ4n) is 3.37. The third-order valence-corrected chi connectivity index (χ3v) is 5.10. The smallest absolute Gasteiger partial charge is 0.0205 e. The molecule has 2 N–H and O–H groups in total. The molecule has 0 bridgehead atoms. The van der Waals surface area contributed by atoms with Crippen molar-refractivity contribution in [1.29, 1.82) is 0 Å². The molecule has 23 heavy (non-hydrogen) atoms. The van der Waals surface area contributed by atoms with E-state index < -0.39 is 0 Å². The lowest BCUT2D eigenvalue weighted by Gasteiger charge is -2.26. The van der Waals surface area contributed by atoms with Crippen LogP contribution < -0.4 is 10.6 Å². The van der Waals surface area contributed by atoms with Crippen molar-refractivity contribution in [2.75, 3.05) is 19.6 Å². The number of nitrogens with one attached hydrogen (secondary N) is 2. The van der Waals surface area contributed by atoms with Crippen molar-refractivity contribution in [3.05, 3.63) is 71.3 Å². The third kappa shape index (κ3) is 4.01. The van der Waals surface area contributed by atoms with E-state index in [1.807, 2.05) is 0 Å². The molecule has 1 heterocycles. The van der Waals surface area contributed by atoms with Crippen molar-refractivity contribution < 1.29 is 0 Å². The molecule has 2 nitrogen and oxygen atoms in total.